The van der Waals surface area contributed by atoms with Gasteiger partial charge in [-0.1, -0.05) is 0 Å². The van der Waals surface area contributed by atoms with Gasteiger partial charge in [0.25, 0.3) is 0 Å². The number of hydrogen-bond donors (Lipinski definition) is 0. The van der Waals surface area contributed by atoms with E-state index in [0.717, 1.165) is 25.9 Å². The minimum atomic E-state index is -0.160. The third-order valence-corrected chi connectivity index (χ3v) is 1.85. The number of likely N-dealkylation sites (tertiary alicyclic amines) is 1. The van der Waals surface area contributed by atoms with Crippen molar-refractivity contribution < 1.29 is 9.53 Å². The van der Waals surface area contributed by atoms with Crippen LogP contribution in [-0.2, 0) is 4.74 Å². The molecule has 1 saturated heterocycles. The molecule has 10 heavy (non-hydrogen) atoms. The first-order valence-corrected chi connectivity index (χ1v) is 4.85. The molecule has 1 fully saturated rings. The second-order valence-electron chi connectivity index (χ2n) is 2.21. The number of ether oxygens (including phenoxy) is 1. The molecule has 0 unspecified atom stereocenters. The molecule has 1 aliphatic heterocycles. The highest BCUT2D eigenvalue weighted by atomic mass is 127. The molecule has 0 N–H and O–H groups in total. The molecule has 0 bridgehead atoms. The summed E-state index contributed by atoms with van der Waals surface area (Å²) < 4.78 is 5.25. The lowest BCUT2D eigenvalue weighted by Crippen LogP contribution is -2.27. The maximum Gasteiger partial charge on any atom is 0.410 e. The van der Waals surface area contributed by atoms with Crippen molar-refractivity contribution in [1.82, 2.24) is 4.90 Å². The Balaban J connectivity index is 2.25. The number of alkyl halides is 1. The van der Waals surface area contributed by atoms with Gasteiger partial charge in [0.2, 0.25) is 0 Å². The summed E-state index contributed by atoms with van der Waals surface area (Å²) in [5, 5.41) is 0. The molecule has 4 heteroatoms. The van der Waals surface area contributed by atoms with Crippen LogP contribution in [0.4, 0.5) is 4.79 Å². The smallest absolute Gasteiger partial charge is 0.410 e. The van der Waals surface area contributed by atoms with Crippen molar-refractivity contribution in [2.45, 2.75) is 12.8 Å². The van der Waals surface area contributed by atoms with Crippen LogP contribution in [-0.4, -0.2) is 28.7 Å². The molecular formula is C6H10INO2. The second kappa shape index (κ2) is 4.00. The van der Waals surface area contributed by atoms with Gasteiger partial charge < -0.3 is 9.64 Å². The van der Waals surface area contributed by atoms with Crippen LogP contribution >= 0.6 is 22.6 Å². The zero-order valence-corrected chi connectivity index (χ0v) is 7.83. The predicted molar refractivity (Wildman–Crippen MR) is 46.2 cm³/mol. The molecule has 1 aliphatic rings. The standard InChI is InChI=1S/C6H10INO2/c7-5-10-6(9)8-3-1-2-4-8/h1-5H2. The molecule has 0 aromatic heterocycles. The van der Waals surface area contributed by atoms with Crippen molar-refractivity contribution in [3.8, 4) is 0 Å². The lowest BCUT2D eigenvalue weighted by atomic mass is 10.4. The van der Waals surface area contributed by atoms with Gasteiger partial charge in [0, 0.05) is 13.1 Å². The van der Waals surface area contributed by atoms with E-state index in [-0.39, 0.29) is 6.09 Å². The fraction of sp³-hybridized carbons (Fsp3) is 0.833. The highest BCUT2D eigenvalue weighted by Gasteiger charge is 2.18. The molecule has 0 saturated carbocycles. The first-order chi connectivity index (χ1) is 4.84. The van der Waals surface area contributed by atoms with Crippen LogP contribution in [0.5, 0.6) is 0 Å². The number of hydrogen-bond acceptors (Lipinski definition) is 2. The van der Waals surface area contributed by atoms with Crippen LogP contribution < -0.4 is 0 Å². The maximum atomic E-state index is 10.9. The third kappa shape index (κ3) is 2.00. The summed E-state index contributed by atoms with van der Waals surface area (Å²) in [6.07, 6.45) is 2.08. The van der Waals surface area contributed by atoms with E-state index in [2.05, 4.69) is 0 Å². The zero-order valence-electron chi connectivity index (χ0n) is 5.68. The van der Waals surface area contributed by atoms with Gasteiger partial charge in [-0.05, 0) is 35.4 Å². The highest BCUT2D eigenvalue weighted by Crippen LogP contribution is 2.08. The Morgan fingerprint density at radius 1 is 1.50 bits per heavy atom. The third-order valence-electron chi connectivity index (χ3n) is 1.54. The van der Waals surface area contributed by atoms with Crippen molar-refractivity contribution in [2.75, 3.05) is 17.7 Å². The Kier molecular flexibility index (Phi) is 3.24. The number of rotatable bonds is 1. The van der Waals surface area contributed by atoms with E-state index in [9.17, 15) is 4.79 Å². The SMILES string of the molecule is O=C(OCI)N1CCCC1. The molecule has 0 atom stereocenters. The van der Waals surface area contributed by atoms with E-state index in [1.54, 1.807) is 4.90 Å². The van der Waals surface area contributed by atoms with Gasteiger partial charge in [-0.2, -0.15) is 0 Å². The Hall–Kier alpha value is -0.0000000000000000555. The first kappa shape index (κ1) is 8.10. The molecule has 3 nitrogen and oxygen atoms in total. The van der Waals surface area contributed by atoms with Crippen LogP contribution in [0.2, 0.25) is 0 Å². The zero-order chi connectivity index (χ0) is 7.40. The summed E-state index contributed by atoms with van der Waals surface area (Å²) in [6, 6.07) is 0. The van der Waals surface area contributed by atoms with Gasteiger partial charge in [-0.3, -0.25) is 0 Å². The summed E-state index contributed by atoms with van der Waals surface area (Å²) in [6.45, 7) is 1.74. The lowest BCUT2D eigenvalue weighted by Gasteiger charge is -2.12. The minimum absolute atomic E-state index is 0.160. The monoisotopic (exact) mass is 255 g/mol. The van der Waals surface area contributed by atoms with Crippen LogP contribution in [0.15, 0.2) is 0 Å². The number of nitrogens with zero attached hydrogens (tertiary/aromatic N) is 1. The molecule has 0 aromatic rings. The topological polar surface area (TPSA) is 29.5 Å². The van der Waals surface area contributed by atoms with Gasteiger partial charge in [-0.25, -0.2) is 4.79 Å². The molecular weight excluding hydrogens is 245 g/mol. The van der Waals surface area contributed by atoms with Gasteiger partial charge in [0.15, 0.2) is 0 Å². The van der Waals surface area contributed by atoms with Crippen molar-refractivity contribution >= 4 is 28.7 Å². The quantitative estimate of drug-likeness (QED) is 0.526. The van der Waals surface area contributed by atoms with Crippen molar-refractivity contribution in [2.24, 2.45) is 0 Å². The molecule has 1 rings (SSSR count). The highest BCUT2D eigenvalue weighted by molar-refractivity contribution is 14.1. The fourth-order valence-corrected chi connectivity index (χ4v) is 1.30. The summed E-state index contributed by atoms with van der Waals surface area (Å²) >= 11 is 2.02. The number of halogens is 1. The van der Waals surface area contributed by atoms with E-state index < -0.39 is 0 Å². The fourth-order valence-electron chi connectivity index (χ4n) is 1.04. The average Bonchev–Trinajstić information content (AvgIpc) is 2.38. The summed E-state index contributed by atoms with van der Waals surface area (Å²) in [7, 11) is 0. The van der Waals surface area contributed by atoms with Gasteiger partial charge in [0.1, 0.15) is 4.61 Å². The Labute approximate surface area is 73.9 Å². The van der Waals surface area contributed by atoms with Crippen molar-refractivity contribution in [3.63, 3.8) is 0 Å². The molecule has 0 spiro atoms. The molecule has 0 radical (unpaired) electrons. The average molecular weight is 255 g/mol. The maximum absolute atomic E-state index is 10.9. The number of carbonyl (C=O) groups excluding carboxylic acids is 1. The summed E-state index contributed by atoms with van der Waals surface area (Å²) in [5.74, 6) is 0. The molecule has 1 heterocycles. The van der Waals surface area contributed by atoms with Gasteiger partial charge in [0.05, 0.1) is 0 Å². The summed E-state index contributed by atoms with van der Waals surface area (Å²) in [5.41, 5.74) is 0. The normalized spacial score (nSPS) is 17.5. The van der Waals surface area contributed by atoms with E-state index >= 15 is 0 Å². The largest absolute Gasteiger partial charge is 0.439 e. The van der Waals surface area contributed by atoms with Crippen LogP contribution in [0, 0.1) is 0 Å². The van der Waals surface area contributed by atoms with Crippen molar-refractivity contribution in [1.29, 1.82) is 0 Å². The van der Waals surface area contributed by atoms with Crippen LogP contribution in [0.3, 0.4) is 0 Å². The van der Waals surface area contributed by atoms with E-state index in [0.29, 0.717) is 4.61 Å². The predicted octanol–water partition coefficient (Wildman–Crippen LogP) is 1.61. The van der Waals surface area contributed by atoms with E-state index in [4.69, 9.17) is 4.74 Å². The van der Waals surface area contributed by atoms with E-state index in [1.165, 1.54) is 0 Å². The Morgan fingerprint density at radius 2 is 2.10 bits per heavy atom. The Morgan fingerprint density at radius 3 is 2.60 bits per heavy atom. The molecule has 58 valence electrons. The van der Waals surface area contributed by atoms with E-state index in [1.807, 2.05) is 22.6 Å². The van der Waals surface area contributed by atoms with Crippen molar-refractivity contribution in [3.05, 3.63) is 0 Å². The lowest BCUT2D eigenvalue weighted by molar-refractivity contribution is 0.130. The molecule has 1 amide bonds. The summed E-state index contributed by atoms with van der Waals surface area (Å²) in [4.78, 5) is 12.7. The van der Waals surface area contributed by atoms with Crippen LogP contribution in [0.25, 0.3) is 0 Å². The Bertz CT molecular complexity index is 123. The van der Waals surface area contributed by atoms with Gasteiger partial charge in [-0.15, -0.1) is 0 Å². The van der Waals surface area contributed by atoms with Crippen LogP contribution in [0.1, 0.15) is 12.8 Å². The number of amides is 1. The van der Waals surface area contributed by atoms with Gasteiger partial charge >= 0.3 is 6.09 Å². The molecule has 0 aromatic carbocycles. The second-order valence-corrected chi connectivity index (χ2v) is 2.84. The first-order valence-electron chi connectivity index (χ1n) is 3.32. The minimum Gasteiger partial charge on any atom is -0.439 e. The molecule has 0 aliphatic carbocycles. The number of carbonyl (C=O) groups is 1.